The quantitative estimate of drug-likeness (QED) is 0.503. The van der Waals surface area contributed by atoms with Gasteiger partial charge < -0.3 is 20.4 Å². The fraction of sp³-hybridized carbons (Fsp3) is 0.316. The van der Waals surface area contributed by atoms with Crippen LogP contribution in [0.4, 0.5) is 26.3 Å². The summed E-state index contributed by atoms with van der Waals surface area (Å²) >= 11 is 0. The Morgan fingerprint density at radius 1 is 0.700 bits per heavy atom. The van der Waals surface area contributed by atoms with Crippen LogP contribution in [0.3, 0.4) is 0 Å². The van der Waals surface area contributed by atoms with Crippen LogP contribution in [0, 0.1) is 0 Å². The second-order valence-corrected chi connectivity index (χ2v) is 6.64. The number of Topliss-reactive ketones (excluding diaryl/α,β-unsaturated/α-hetero) is 1. The van der Waals surface area contributed by atoms with E-state index < -0.39 is 75.2 Å². The first-order chi connectivity index (χ1) is 13.6. The van der Waals surface area contributed by atoms with Crippen LogP contribution in [0.15, 0.2) is 24.3 Å². The standard InChI is InChI=1S/C19H16F6O5/c1-7(9-3-5-11(26)13(16(9)29)18(20,21)22)15(28)8(2)10-4-6-12(27)14(17(10)30)19(23,24)25/h3-8,26-27,29-30H,1-2H3. The lowest BCUT2D eigenvalue weighted by Crippen LogP contribution is -2.19. The molecule has 2 aromatic carbocycles. The molecule has 0 aromatic heterocycles. The monoisotopic (exact) mass is 438 g/mol. The normalized spacial score (nSPS) is 14.4. The highest BCUT2D eigenvalue weighted by molar-refractivity contribution is 5.92. The average Bonchev–Trinajstić information content (AvgIpc) is 2.58. The summed E-state index contributed by atoms with van der Waals surface area (Å²) in [6, 6.07) is 3.03. The molecule has 164 valence electrons. The molecule has 2 rings (SSSR count). The van der Waals surface area contributed by atoms with Gasteiger partial charge in [0.15, 0.2) is 0 Å². The predicted molar refractivity (Wildman–Crippen MR) is 91.4 cm³/mol. The summed E-state index contributed by atoms with van der Waals surface area (Å²) in [5.74, 6) is -9.10. The van der Waals surface area contributed by atoms with Crippen molar-refractivity contribution >= 4 is 5.78 Å². The van der Waals surface area contributed by atoms with Crippen molar-refractivity contribution in [3.63, 3.8) is 0 Å². The Morgan fingerprint density at radius 3 is 1.27 bits per heavy atom. The molecule has 0 aliphatic carbocycles. The molecular weight excluding hydrogens is 422 g/mol. The van der Waals surface area contributed by atoms with Gasteiger partial charge >= 0.3 is 12.4 Å². The van der Waals surface area contributed by atoms with Gasteiger partial charge in [0, 0.05) is 23.0 Å². The first-order valence-electron chi connectivity index (χ1n) is 8.36. The first-order valence-corrected chi connectivity index (χ1v) is 8.36. The number of aromatic hydroxyl groups is 4. The molecule has 0 radical (unpaired) electrons. The lowest BCUT2D eigenvalue weighted by molar-refractivity contribution is -0.141. The summed E-state index contributed by atoms with van der Waals surface area (Å²) < 4.78 is 78.3. The van der Waals surface area contributed by atoms with Gasteiger partial charge in [0.05, 0.1) is 0 Å². The van der Waals surface area contributed by atoms with Crippen LogP contribution in [0.5, 0.6) is 23.0 Å². The number of benzene rings is 2. The number of rotatable bonds is 4. The van der Waals surface area contributed by atoms with Crippen LogP contribution in [-0.4, -0.2) is 26.2 Å². The third-order valence-corrected chi connectivity index (χ3v) is 4.73. The lowest BCUT2D eigenvalue weighted by Gasteiger charge is -2.22. The van der Waals surface area contributed by atoms with Crippen LogP contribution in [0.2, 0.25) is 0 Å². The van der Waals surface area contributed by atoms with E-state index in [1.807, 2.05) is 0 Å². The minimum Gasteiger partial charge on any atom is -0.507 e. The van der Waals surface area contributed by atoms with Gasteiger partial charge in [-0.15, -0.1) is 0 Å². The molecule has 0 bridgehead atoms. The van der Waals surface area contributed by atoms with Gasteiger partial charge in [-0.3, -0.25) is 4.79 Å². The number of carbonyl (C=O) groups is 1. The molecule has 0 spiro atoms. The van der Waals surface area contributed by atoms with Crippen LogP contribution < -0.4 is 0 Å². The highest BCUT2D eigenvalue weighted by atomic mass is 19.4. The van der Waals surface area contributed by atoms with E-state index in [2.05, 4.69) is 0 Å². The zero-order valence-corrected chi connectivity index (χ0v) is 15.4. The summed E-state index contributed by atoms with van der Waals surface area (Å²) in [5, 5.41) is 38.7. The van der Waals surface area contributed by atoms with Crippen molar-refractivity contribution in [1.82, 2.24) is 0 Å². The maximum absolute atomic E-state index is 13.1. The van der Waals surface area contributed by atoms with E-state index in [-0.39, 0.29) is 0 Å². The van der Waals surface area contributed by atoms with E-state index in [1.54, 1.807) is 0 Å². The second-order valence-electron chi connectivity index (χ2n) is 6.64. The predicted octanol–water partition coefficient (Wildman–Crippen LogP) is 5.02. The number of halogens is 6. The Hall–Kier alpha value is -3.11. The van der Waals surface area contributed by atoms with Crippen LogP contribution in [0.1, 0.15) is 47.9 Å². The minimum atomic E-state index is -5.13. The number of ketones is 1. The topological polar surface area (TPSA) is 98.0 Å². The van der Waals surface area contributed by atoms with Crippen molar-refractivity contribution in [3.05, 3.63) is 46.5 Å². The summed E-state index contributed by atoms with van der Waals surface area (Å²) in [6.07, 6.45) is -10.3. The molecule has 0 saturated heterocycles. The van der Waals surface area contributed by atoms with E-state index in [4.69, 9.17) is 0 Å². The van der Waals surface area contributed by atoms with E-state index >= 15 is 0 Å². The summed E-state index contributed by atoms with van der Waals surface area (Å²) in [4.78, 5) is 12.7. The number of hydrogen-bond donors (Lipinski definition) is 4. The molecule has 0 fully saturated rings. The minimum absolute atomic E-state index is 0.508. The van der Waals surface area contributed by atoms with E-state index in [1.165, 1.54) is 0 Å². The number of carbonyl (C=O) groups excluding carboxylic acids is 1. The largest absolute Gasteiger partial charge is 0.507 e. The summed E-state index contributed by atoms with van der Waals surface area (Å²) in [5.41, 5.74) is -4.52. The number of phenolic OH excluding ortho intramolecular Hbond substituents is 4. The van der Waals surface area contributed by atoms with Gasteiger partial charge in [0.2, 0.25) is 0 Å². The van der Waals surface area contributed by atoms with Gasteiger partial charge in [-0.05, 0) is 12.1 Å². The van der Waals surface area contributed by atoms with E-state index in [9.17, 15) is 51.6 Å². The molecule has 2 aromatic rings. The van der Waals surface area contributed by atoms with Gasteiger partial charge in [-0.2, -0.15) is 26.3 Å². The number of alkyl halides is 6. The van der Waals surface area contributed by atoms with Gasteiger partial charge in [-0.1, -0.05) is 26.0 Å². The smallest absolute Gasteiger partial charge is 0.423 e. The average molecular weight is 438 g/mol. The fourth-order valence-corrected chi connectivity index (χ4v) is 3.13. The summed E-state index contributed by atoms with van der Waals surface area (Å²) in [7, 11) is 0. The number of hydrogen-bond acceptors (Lipinski definition) is 5. The maximum atomic E-state index is 13.1. The highest BCUT2D eigenvalue weighted by Crippen LogP contribution is 2.48. The van der Waals surface area contributed by atoms with Gasteiger partial charge in [-0.25, -0.2) is 0 Å². The Kier molecular flexibility index (Phi) is 5.88. The van der Waals surface area contributed by atoms with Gasteiger partial charge in [0.1, 0.15) is 39.9 Å². The SMILES string of the molecule is CC(C(=O)C(C)c1ccc(O)c(C(F)(F)F)c1O)c1ccc(O)c(C(F)(F)F)c1O. The van der Waals surface area contributed by atoms with Crippen molar-refractivity contribution in [2.45, 2.75) is 38.0 Å². The van der Waals surface area contributed by atoms with Crippen LogP contribution in [0.25, 0.3) is 0 Å². The molecular formula is C19H16F6O5. The second kappa shape index (κ2) is 7.62. The fourth-order valence-electron chi connectivity index (χ4n) is 3.13. The molecule has 0 aliphatic rings. The number of phenols is 4. The third kappa shape index (κ3) is 4.10. The van der Waals surface area contributed by atoms with Crippen molar-refractivity contribution in [1.29, 1.82) is 0 Å². The lowest BCUT2D eigenvalue weighted by atomic mass is 9.83. The van der Waals surface area contributed by atoms with Crippen molar-refractivity contribution in [2.24, 2.45) is 0 Å². The molecule has 0 heterocycles. The molecule has 30 heavy (non-hydrogen) atoms. The molecule has 2 atom stereocenters. The van der Waals surface area contributed by atoms with Crippen molar-refractivity contribution in [2.75, 3.05) is 0 Å². The Balaban J connectivity index is 2.51. The molecule has 0 amide bonds. The Bertz CT molecular complexity index is 903. The van der Waals surface area contributed by atoms with Crippen LogP contribution in [-0.2, 0) is 17.1 Å². The molecule has 2 unspecified atom stereocenters. The third-order valence-electron chi connectivity index (χ3n) is 4.73. The molecule has 5 nitrogen and oxygen atoms in total. The molecule has 0 saturated carbocycles. The molecule has 4 N–H and O–H groups in total. The van der Waals surface area contributed by atoms with E-state index in [0.29, 0.717) is 12.1 Å². The van der Waals surface area contributed by atoms with Crippen LogP contribution >= 0.6 is 0 Å². The summed E-state index contributed by atoms with van der Waals surface area (Å²) in [6.45, 7) is 2.24. The zero-order chi connectivity index (χ0) is 23.2. The van der Waals surface area contributed by atoms with Gasteiger partial charge in [0.25, 0.3) is 0 Å². The van der Waals surface area contributed by atoms with Crippen molar-refractivity contribution < 1.29 is 51.6 Å². The Morgan fingerprint density at radius 2 is 1.00 bits per heavy atom. The van der Waals surface area contributed by atoms with Crippen molar-refractivity contribution in [3.8, 4) is 23.0 Å². The van der Waals surface area contributed by atoms with E-state index in [0.717, 1.165) is 26.0 Å². The molecule has 11 heteroatoms. The first kappa shape index (κ1) is 23.2. The zero-order valence-electron chi connectivity index (χ0n) is 15.4. The maximum Gasteiger partial charge on any atom is 0.423 e. The Labute approximate surface area is 165 Å². The molecule has 0 aliphatic heterocycles. The highest BCUT2D eigenvalue weighted by Gasteiger charge is 2.41.